The van der Waals surface area contributed by atoms with Crippen molar-refractivity contribution in [3.63, 3.8) is 0 Å². The van der Waals surface area contributed by atoms with Gasteiger partial charge in [0.05, 0.1) is 0 Å². The Balaban J connectivity index is 2.02. The summed E-state index contributed by atoms with van der Waals surface area (Å²) in [6, 6.07) is 19.0. The zero-order valence-corrected chi connectivity index (χ0v) is 12.2. The molecule has 0 N–H and O–H groups in total. The summed E-state index contributed by atoms with van der Waals surface area (Å²) < 4.78 is 18.2. The van der Waals surface area contributed by atoms with Crippen LogP contribution in [0.2, 0.25) is 0 Å². The summed E-state index contributed by atoms with van der Waals surface area (Å²) in [6.07, 6.45) is 0. The summed E-state index contributed by atoms with van der Waals surface area (Å²) >= 11 is 6.08. The number of rotatable bonds is 2. The average molecular weight is 303 g/mol. The number of halogens is 1. The Morgan fingerprint density at radius 2 is 1.15 bits per heavy atom. The van der Waals surface area contributed by atoms with Crippen LogP contribution < -0.4 is 0 Å². The number of ether oxygens (including phenoxy) is 1. The highest BCUT2D eigenvalue weighted by Crippen LogP contribution is 2.60. The molecule has 0 spiro atoms. The molecule has 100 valence electrons. The first kappa shape index (κ1) is 13.2. The van der Waals surface area contributed by atoms with Gasteiger partial charge in [-0.1, -0.05) is 60.7 Å². The van der Waals surface area contributed by atoms with Gasteiger partial charge in [-0.25, -0.2) is 0 Å². The molecule has 2 aromatic carbocycles. The van der Waals surface area contributed by atoms with Crippen LogP contribution >= 0.6 is 17.7 Å². The Bertz CT molecular complexity index is 661. The van der Waals surface area contributed by atoms with Gasteiger partial charge in [0.1, 0.15) is 11.5 Å². The molecule has 0 saturated carbocycles. The molecule has 2 nitrogen and oxygen atoms in total. The molecule has 0 saturated heterocycles. The van der Waals surface area contributed by atoms with E-state index in [0.29, 0.717) is 11.5 Å². The normalized spacial score (nSPS) is 16.9. The summed E-state index contributed by atoms with van der Waals surface area (Å²) in [5, 5.41) is 0. The van der Waals surface area contributed by atoms with Crippen molar-refractivity contribution in [3.05, 3.63) is 83.4 Å². The van der Waals surface area contributed by atoms with E-state index in [2.05, 4.69) is 0 Å². The van der Waals surface area contributed by atoms with Crippen LogP contribution in [0.25, 0.3) is 11.5 Å². The van der Waals surface area contributed by atoms with Gasteiger partial charge < -0.3 is 4.74 Å². The molecule has 0 bridgehead atoms. The maximum atomic E-state index is 12.3. The Morgan fingerprint density at radius 1 is 0.750 bits per heavy atom. The Kier molecular flexibility index (Phi) is 3.52. The topological polar surface area (TPSA) is 26.3 Å². The summed E-state index contributed by atoms with van der Waals surface area (Å²) in [4.78, 5) is 0. The zero-order valence-electron chi connectivity index (χ0n) is 10.6. The molecule has 0 fully saturated rings. The lowest BCUT2D eigenvalue weighted by Gasteiger charge is -2.19. The molecule has 1 aliphatic heterocycles. The predicted molar refractivity (Wildman–Crippen MR) is 83.4 cm³/mol. The average Bonchev–Trinajstić information content (AvgIpc) is 2.47. The minimum absolute atomic E-state index is 0.533. The van der Waals surface area contributed by atoms with Gasteiger partial charge in [0.25, 0.3) is 0 Å². The minimum atomic E-state index is -3.01. The summed E-state index contributed by atoms with van der Waals surface area (Å²) in [5.41, 5.74) is 1.71. The molecule has 0 radical (unpaired) electrons. The van der Waals surface area contributed by atoms with E-state index < -0.39 is 6.49 Å². The van der Waals surface area contributed by atoms with E-state index in [0.717, 1.165) is 11.1 Å². The monoisotopic (exact) mass is 302 g/mol. The molecule has 0 aromatic heterocycles. The van der Waals surface area contributed by atoms with Crippen molar-refractivity contribution in [1.29, 1.82) is 0 Å². The Labute approximate surface area is 122 Å². The fraction of sp³-hybridized carbons (Fsp3) is 0. The van der Waals surface area contributed by atoms with Crippen molar-refractivity contribution in [2.24, 2.45) is 0 Å². The lowest BCUT2D eigenvalue weighted by Crippen LogP contribution is -1.97. The Morgan fingerprint density at radius 3 is 1.55 bits per heavy atom. The second-order valence-corrected chi connectivity index (χ2v) is 7.79. The van der Waals surface area contributed by atoms with Crippen molar-refractivity contribution in [3.8, 4) is 0 Å². The van der Waals surface area contributed by atoms with E-state index in [4.69, 9.17) is 16.0 Å². The molecule has 0 atom stereocenters. The van der Waals surface area contributed by atoms with E-state index in [9.17, 15) is 4.57 Å². The Hall–Kier alpha value is -1.76. The van der Waals surface area contributed by atoms with Crippen LogP contribution in [-0.4, -0.2) is 0 Å². The van der Waals surface area contributed by atoms with E-state index >= 15 is 0 Å². The van der Waals surface area contributed by atoms with E-state index in [1.54, 1.807) is 0 Å². The first-order valence-corrected chi connectivity index (χ1v) is 8.93. The highest BCUT2D eigenvalue weighted by Gasteiger charge is 2.24. The number of hydrogen-bond donors (Lipinski definition) is 0. The molecule has 0 unspecified atom stereocenters. The van der Waals surface area contributed by atoms with Gasteiger partial charge in [-0.2, -0.15) is 0 Å². The van der Waals surface area contributed by atoms with Gasteiger partial charge in [-0.05, 0) is 11.2 Å². The van der Waals surface area contributed by atoms with Crippen molar-refractivity contribution in [2.75, 3.05) is 0 Å². The van der Waals surface area contributed by atoms with Crippen LogP contribution in [0.15, 0.2) is 72.3 Å². The van der Waals surface area contributed by atoms with Crippen LogP contribution in [0.5, 0.6) is 0 Å². The third kappa shape index (κ3) is 2.87. The van der Waals surface area contributed by atoms with E-state index in [1.165, 1.54) is 11.6 Å². The van der Waals surface area contributed by atoms with Gasteiger partial charge in [-0.15, -0.1) is 0 Å². The lowest BCUT2D eigenvalue weighted by molar-refractivity contribution is 0.469. The van der Waals surface area contributed by atoms with Gasteiger partial charge in [0, 0.05) is 22.8 Å². The molecule has 1 aliphatic rings. The smallest absolute Gasteiger partial charge is 0.219 e. The minimum Gasteiger partial charge on any atom is -0.456 e. The largest absolute Gasteiger partial charge is 0.456 e. The summed E-state index contributed by atoms with van der Waals surface area (Å²) in [7, 11) is 0. The molecule has 20 heavy (non-hydrogen) atoms. The molecule has 0 aliphatic carbocycles. The second kappa shape index (κ2) is 5.32. The van der Waals surface area contributed by atoms with Gasteiger partial charge in [0.15, 0.2) is 0 Å². The second-order valence-electron chi connectivity index (χ2n) is 4.44. The third-order valence-corrected chi connectivity index (χ3v) is 4.68. The maximum Gasteiger partial charge on any atom is 0.219 e. The predicted octanol–water partition coefficient (Wildman–Crippen LogP) is 5.53. The van der Waals surface area contributed by atoms with Crippen LogP contribution in [0.1, 0.15) is 11.1 Å². The highest BCUT2D eigenvalue weighted by molar-refractivity contribution is 7.94. The molecule has 4 heteroatoms. The fourth-order valence-electron chi connectivity index (χ4n) is 2.00. The fourth-order valence-corrected chi connectivity index (χ4v) is 3.65. The maximum absolute atomic E-state index is 12.3. The standard InChI is InChI=1S/C16H12ClO2P/c17-20(18)11-15(13-7-3-1-4-8-13)19-16(12-20)14-9-5-2-6-10-14/h1-12H. The third-order valence-electron chi connectivity index (χ3n) is 2.92. The van der Waals surface area contributed by atoms with Crippen LogP contribution in [0.3, 0.4) is 0 Å². The number of hydrogen-bond acceptors (Lipinski definition) is 2. The SMILES string of the molecule is O=P1(Cl)C=C(c2ccccc2)OC(c2ccccc2)=C1. The molecule has 0 amide bonds. The first-order valence-electron chi connectivity index (χ1n) is 6.17. The highest BCUT2D eigenvalue weighted by atomic mass is 35.7. The summed E-state index contributed by atoms with van der Waals surface area (Å²) in [6.45, 7) is -3.01. The molecular weight excluding hydrogens is 291 g/mol. The van der Waals surface area contributed by atoms with Crippen LogP contribution in [-0.2, 0) is 9.30 Å². The van der Waals surface area contributed by atoms with E-state index in [1.807, 2.05) is 60.7 Å². The molecule has 2 aromatic rings. The zero-order chi connectivity index (χ0) is 14.0. The first-order chi connectivity index (χ1) is 9.64. The lowest BCUT2D eigenvalue weighted by atomic mass is 10.2. The summed E-state index contributed by atoms with van der Waals surface area (Å²) in [5.74, 6) is 4.06. The van der Waals surface area contributed by atoms with E-state index in [-0.39, 0.29) is 0 Å². The van der Waals surface area contributed by atoms with Gasteiger partial charge in [0.2, 0.25) is 6.49 Å². The van der Waals surface area contributed by atoms with Crippen molar-refractivity contribution in [2.45, 2.75) is 0 Å². The molecule has 1 heterocycles. The quantitative estimate of drug-likeness (QED) is 0.682. The molecule has 3 rings (SSSR count). The number of benzene rings is 2. The molecular formula is C16H12ClO2P. The van der Waals surface area contributed by atoms with Gasteiger partial charge >= 0.3 is 0 Å². The van der Waals surface area contributed by atoms with Crippen molar-refractivity contribution in [1.82, 2.24) is 0 Å². The van der Waals surface area contributed by atoms with Gasteiger partial charge in [-0.3, -0.25) is 4.57 Å². The van der Waals surface area contributed by atoms with Crippen molar-refractivity contribution >= 4 is 29.3 Å². The van der Waals surface area contributed by atoms with Crippen LogP contribution in [0.4, 0.5) is 0 Å². The van der Waals surface area contributed by atoms with Crippen LogP contribution in [0, 0.1) is 0 Å². The van der Waals surface area contributed by atoms with Crippen molar-refractivity contribution < 1.29 is 9.30 Å².